The number of hydrogen-bond acceptors (Lipinski definition) is 8. The molecule has 1 heterocycles. The van der Waals surface area contributed by atoms with Crippen LogP contribution < -0.4 is 0 Å². The topological polar surface area (TPSA) is 123 Å². The Kier molecular flexibility index (Phi) is 6.37. The van der Waals surface area contributed by atoms with Crippen LogP contribution in [0, 0.1) is 0 Å². The van der Waals surface area contributed by atoms with Crippen molar-refractivity contribution in [1.82, 2.24) is 0 Å². The third kappa shape index (κ3) is 4.55. The minimum atomic E-state index is -1.72. The molecule has 8 heteroatoms. The van der Waals surface area contributed by atoms with E-state index in [9.17, 15) is 24.9 Å². The van der Waals surface area contributed by atoms with Gasteiger partial charge in [0.15, 0.2) is 12.4 Å². The van der Waals surface area contributed by atoms with E-state index in [2.05, 4.69) is 0 Å². The van der Waals surface area contributed by atoms with Gasteiger partial charge in [0, 0.05) is 0 Å². The number of carbonyl (C=O) groups is 2. The number of aliphatic hydroxyl groups excluding tert-OH is 3. The Balaban J connectivity index is 1.65. The Bertz CT molecular complexity index is 794. The highest BCUT2D eigenvalue weighted by molar-refractivity contribution is 5.89. The molecule has 148 valence electrons. The van der Waals surface area contributed by atoms with Gasteiger partial charge in [-0.25, -0.2) is 9.59 Å². The summed E-state index contributed by atoms with van der Waals surface area (Å²) in [6.07, 6.45) is -7.56. The summed E-state index contributed by atoms with van der Waals surface area (Å²) in [5.74, 6) is -1.42. The molecule has 28 heavy (non-hydrogen) atoms. The Hall–Kier alpha value is -2.78. The van der Waals surface area contributed by atoms with Gasteiger partial charge in [-0.1, -0.05) is 36.4 Å². The van der Waals surface area contributed by atoms with Crippen LogP contribution in [0.4, 0.5) is 0 Å². The van der Waals surface area contributed by atoms with Crippen LogP contribution in [0.15, 0.2) is 60.7 Å². The molecule has 0 saturated carbocycles. The molecule has 2 aromatic carbocycles. The first-order chi connectivity index (χ1) is 13.5. The lowest BCUT2D eigenvalue weighted by Crippen LogP contribution is -2.60. The quantitative estimate of drug-likeness (QED) is 0.633. The van der Waals surface area contributed by atoms with Gasteiger partial charge in [0.1, 0.15) is 24.9 Å². The summed E-state index contributed by atoms with van der Waals surface area (Å²) in [5.41, 5.74) is 0.523. The van der Waals surface area contributed by atoms with Crippen LogP contribution >= 0.6 is 0 Å². The number of benzene rings is 2. The van der Waals surface area contributed by atoms with Crippen molar-refractivity contribution in [3.05, 3.63) is 71.8 Å². The fourth-order valence-corrected chi connectivity index (χ4v) is 2.77. The predicted octanol–water partition coefficient (Wildman–Crippen LogP) is 0.508. The molecule has 3 N–H and O–H groups in total. The van der Waals surface area contributed by atoms with Gasteiger partial charge in [-0.15, -0.1) is 0 Å². The van der Waals surface area contributed by atoms with E-state index in [1.807, 2.05) is 0 Å². The minimum Gasteiger partial charge on any atom is -0.459 e. The van der Waals surface area contributed by atoms with Crippen molar-refractivity contribution in [1.29, 1.82) is 0 Å². The van der Waals surface area contributed by atoms with E-state index in [4.69, 9.17) is 14.2 Å². The van der Waals surface area contributed by atoms with Gasteiger partial charge in [0.05, 0.1) is 11.1 Å². The highest BCUT2D eigenvalue weighted by Gasteiger charge is 2.46. The Labute approximate surface area is 160 Å². The number of aliphatic hydroxyl groups is 3. The molecule has 8 nitrogen and oxygen atoms in total. The summed E-state index contributed by atoms with van der Waals surface area (Å²) in [6.45, 7) is -0.405. The lowest BCUT2D eigenvalue weighted by atomic mass is 9.99. The molecule has 0 aliphatic carbocycles. The third-order valence-electron chi connectivity index (χ3n) is 4.30. The van der Waals surface area contributed by atoms with Crippen molar-refractivity contribution in [3.8, 4) is 0 Å². The van der Waals surface area contributed by atoms with Crippen LogP contribution in [-0.4, -0.2) is 64.6 Å². The second kappa shape index (κ2) is 8.94. The zero-order chi connectivity index (χ0) is 20.1. The average Bonchev–Trinajstić information content (AvgIpc) is 2.73. The second-order valence-corrected chi connectivity index (χ2v) is 6.25. The van der Waals surface area contributed by atoms with E-state index >= 15 is 0 Å². The fraction of sp³-hybridized carbons (Fsp3) is 0.300. The van der Waals surface area contributed by atoms with Gasteiger partial charge in [-0.2, -0.15) is 0 Å². The zero-order valence-electron chi connectivity index (χ0n) is 14.8. The summed E-state index contributed by atoms with van der Waals surface area (Å²) < 4.78 is 15.4. The van der Waals surface area contributed by atoms with Crippen LogP contribution in [0.2, 0.25) is 0 Å². The normalized spacial score (nSPS) is 27.0. The van der Waals surface area contributed by atoms with Crippen LogP contribution in [0.1, 0.15) is 20.7 Å². The van der Waals surface area contributed by atoms with Crippen molar-refractivity contribution in [3.63, 3.8) is 0 Å². The first-order valence-electron chi connectivity index (χ1n) is 8.65. The van der Waals surface area contributed by atoms with Gasteiger partial charge >= 0.3 is 11.9 Å². The number of rotatable bonds is 5. The zero-order valence-corrected chi connectivity index (χ0v) is 14.8. The maximum Gasteiger partial charge on any atom is 0.338 e. The van der Waals surface area contributed by atoms with Crippen LogP contribution in [0.3, 0.4) is 0 Å². The predicted molar refractivity (Wildman–Crippen MR) is 95.3 cm³/mol. The van der Waals surface area contributed by atoms with Crippen molar-refractivity contribution in [2.75, 3.05) is 6.61 Å². The lowest BCUT2D eigenvalue weighted by molar-refractivity contribution is -0.285. The Morgan fingerprint density at radius 2 is 1.36 bits per heavy atom. The maximum absolute atomic E-state index is 12.2. The number of ether oxygens (including phenoxy) is 3. The number of hydrogen-bond donors (Lipinski definition) is 3. The summed E-state index contributed by atoms with van der Waals surface area (Å²) >= 11 is 0. The highest BCUT2D eigenvalue weighted by Crippen LogP contribution is 2.24. The van der Waals surface area contributed by atoms with Gasteiger partial charge < -0.3 is 29.5 Å². The molecule has 0 spiro atoms. The van der Waals surface area contributed by atoms with Gasteiger partial charge in [0.2, 0.25) is 0 Å². The van der Waals surface area contributed by atoms with Crippen LogP contribution in [0.25, 0.3) is 0 Å². The molecule has 0 unspecified atom stereocenters. The summed E-state index contributed by atoms with van der Waals surface area (Å²) in [6, 6.07) is 16.2. The number of carbonyl (C=O) groups excluding carboxylic acids is 2. The largest absolute Gasteiger partial charge is 0.459 e. The van der Waals surface area contributed by atoms with Crippen molar-refractivity contribution < 1.29 is 39.1 Å². The van der Waals surface area contributed by atoms with Crippen LogP contribution in [0.5, 0.6) is 0 Å². The third-order valence-corrected chi connectivity index (χ3v) is 4.30. The molecule has 1 aliphatic heterocycles. The van der Waals surface area contributed by atoms with Gasteiger partial charge in [-0.3, -0.25) is 0 Å². The van der Waals surface area contributed by atoms with E-state index in [0.29, 0.717) is 5.56 Å². The monoisotopic (exact) mass is 388 g/mol. The van der Waals surface area contributed by atoms with E-state index in [1.54, 1.807) is 48.5 Å². The molecule has 1 saturated heterocycles. The van der Waals surface area contributed by atoms with E-state index in [-0.39, 0.29) is 5.56 Å². The second-order valence-electron chi connectivity index (χ2n) is 6.25. The highest BCUT2D eigenvalue weighted by atomic mass is 16.7. The first kappa shape index (κ1) is 20.0. The lowest BCUT2D eigenvalue weighted by Gasteiger charge is -2.39. The molecular formula is C20H20O8. The van der Waals surface area contributed by atoms with Crippen molar-refractivity contribution >= 4 is 11.9 Å². The molecule has 3 rings (SSSR count). The van der Waals surface area contributed by atoms with Gasteiger partial charge in [0.25, 0.3) is 0 Å². The molecule has 0 amide bonds. The molecular weight excluding hydrogens is 368 g/mol. The Morgan fingerprint density at radius 1 is 0.821 bits per heavy atom. The standard InChI is InChI=1S/C20H20O8/c21-15-14(11-26-18(23)12-7-3-1-4-8-12)27-20(25)16(22)17(15)28-19(24)13-9-5-2-6-10-13/h1-10,14-17,20-22,25H,11H2/t14-,15+,16-,17+,20-/m1/s1. The van der Waals surface area contributed by atoms with Crippen molar-refractivity contribution in [2.24, 2.45) is 0 Å². The van der Waals surface area contributed by atoms with E-state index in [0.717, 1.165) is 0 Å². The summed E-state index contributed by atoms with van der Waals surface area (Å²) in [5, 5.41) is 30.4. The summed E-state index contributed by atoms with van der Waals surface area (Å²) in [7, 11) is 0. The molecule has 0 aromatic heterocycles. The summed E-state index contributed by atoms with van der Waals surface area (Å²) in [4.78, 5) is 24.2. The number of esters is 2. The molecule has 0 bridgehead atoms. The molecule has 2 aromatic rings. The molecule has 0 radical (unpaired) electrons. The molecule has 5 atom stereocenters. The SMILES string of the molecule is O=C(OC[C@H]1O[C@@H](O)[C@H](O)[C@@H](OC(=O)c2ccccc2)[C@H]1O)c1ccccc1. The Morgan fingerprint density at radius 3 is 1.93 bits per heavy atom. The average molecular weight is 388 g/mol. The first-order valence-corrected chi connectivity index (χ1v) is 8.65. The smallest absolute Gasteiger partial charge is 0.338 e. The van der Waals surface area contributed by atoms with Crippen molar-refractivity contribution in [2.45, 2.75) is 30.7 Å². The van der Waals surface area contributed by atoms with Crippen LogP contribution in [-0.2, 0) is 14.2 Å². The van der Waals surface area contributed by atoms with Gasteiger partial charge in [-0.05, 0) is 24.3 Å². The maximum atomic E-state index is 12.2. The molecule has 1 fully saturated rings. The minimum absolute atomic E-state index is 0.218. The van der Waals surface area contributed by atoms with E-state index < -0.39 is 49.3 Å². The molecule has 1 aliphatic rings. The van der Waals surface area contributed by atoms with E-state index in [1.165, 1.54) is 12.1 Å². The fourth-order valence-electron chi connectivity index (χ4n) is 2.77.